The Morgan fingerprint density at radius 2 is 1.86 bits per heavy atom. The molecule has 2 N–H and O–H groups in total. The zero-order valence-electron chi connectivity index (χ0n) is 20.4. The van der Waals surface area contributed by atoms with Crippen LogP contribution in [-0.4, -0.2) is 35.3 Å². The third-order valence-electron chi connectivity index (χ3n) is 7.95. The molecule has 0 saturated heterocycles. The molecule has 1 saturated carbocycles. The van der Waals surface area contributed by atoms with Crippen LogP contribution in [0.2, 0.25) is 5.02 Å². The van der Waals surface area contributed by atoms with Crippen LogP contribution in [0.25, 0.3) is 6.08 Å². The van der Waals surface area contributed by atoms with Crippen LogP contribution in [0.1, 0.15) is 54.8 Å². The summed E-state index contributed by atoms with van der Waals surface area (Å²) in [5, 5.41) is 14.4. The number of esters is 1. The number of fused-ring (bicyclic) bond motifs is 2. The van der Waals surface area contributed by atoms with Gasteiger partial charge in [0.15, 0.2) is 0 Å². The van der Waals surface area contributed by atoms with E-state index in [1.54, 1.807) is 6.20 Å². The Morgan fingerprint density at radius 3 is 2.56 bits per heavy atom. The first-order valence-corrected chi connectivity index (χ1v) is 12.8. The number of methoxy groups -OCH3 is 1. The van der Waals surface area contributed by atoms with Crippen molar-refractivity contribution in [3.63, 3.8) is 0 Å². The second-order valence-electron chi connectivity index (χ2n) is 9.89. The van der Waals surface area contributed by atoms with Gasteiger partial charge in [-0.15, -0.1) is 0 Å². The number of rotatable bonds is 7. The molecule has 1 atom stereocenters. The van der Waals surface area contributed by atoms with Crippen LogP contribution in [0.5, 0.6) is 0 Å². The molecule has 0 bridgehead atoms. The maximum Gasteiger partial charge on any atom is 0.331 e. The summed E-state index contributed by atoms with van der Waals surface area (Å²) >= 11 is 6.22. The summed E-state index contributed by atoms with van der Waals surface area (Å²) in [7, 11) is 1.45. The number of benzene rings is 2. The fourth-order valence-electron chi connectivity index (χ4n) is 6.07. The molecule has 36 heavy (non-hydrogen) atoms. The van der Waals surface area contributed by atoms with Crippen LogP contribution >= 0.6 is 11.6 Å². The van der Waals surface area contributed by atoms with Crippen molar-refractivity contribution in [2.75, 3.05) is 19.0 Å². The zero-order chi connectivity index (χ0) is 25.2. The smallest absolute Gasteiger partial charge is 0.331 e. The SMILES string of the molecule is COC(=O)C1(Nc2cccc(Cl)c2)CCC2(CC1)C(CC(CO)c1ccccn1)=Cc1ccccc12. The number of aromatic nitrogens is 1. The lowest BCUT2D eigenvalue weighted by Crippen LogP contribution is -2.52. The van der Waals surface area contributed by atoms with Crippen molar-refractivity contribution in [1.82, 2.24) is 4.98 Å². The number of hydrogen-bond acceptors (Lipinski definition) is 5. The topological polar surface area (TPSA) is 71.5 Å². The molecule has 1 aromatic heterocycles. The van der Waals surface area contributed by atoms with Crippen molar-refractivity contribution in [3.8, 4) is 0 Å². The Hall–Kier alpha value is -3.15. The van der Waals surface area contributed by atoms with Crippen molar-refractivity contribution < 1.29 is 14.6 Å². The lowest BCUT2D eigenvalue weighted by Gasteiger charge is -2.46. The molecule has 2 aliphatic carbocycles. The average molecular weight is 503 g/mol. The Balaban J connectivity index is 1.47. The Kier molecular flexibility index (Phi) is 6.87. The molecule has 6 heteroatoms. The van der Waals surface area contributed by atoms with Crippen LogP contribution in [0.3, 0.4) is 0 Å². The molecule has 1 unspecified atom stereocenters. The van der Waals surface area contributed by atoms with Gasteiger partial charge in [-0.3, -0.25) is 4.98 Å². The molecule has 3 aromatic rings. The Morgan fingerprint density at radius 1 is 1.08 bits per heavy atom. The van der Waals surface area contributed by atoms with Crippen LogP contribution < -0.4 is 5.32 Å². The highest BCUT2D eigenvalue weighted by molar-refractivity contribution is 6.30. The van der Waals surface area contributed by atoms with Gasteiger partial charge in [-0.25, -0.2) is 4.79 Å². The third-order valence-corrected chi connectivity index (χ3v) is 8.19. The van der Waals surface area contributed by atoms with Crippen LogP contribution in [0.15, 0.2) is 78.5 Å². The summed E-state index contributed by atoms with van der Waals surface area (Å²) in [6.07, 6.45) is 7.60. The second-order valence-corrected chi connectivity index (χ2v) is 10.3. The Labute approximate surface area is 217 Å². The molecular formula is C30H31ClN2O3. The number of ether oxygens (including phenoxy) is 1. The second kappa shape index (κ2) is 10.1. The van der Waals surface area contributed by atoms with Gasteiger partial charge in [0.2, 0.25) is 0 Å². The number of carbonyl (C=O) groups is 1. The first-order valence-electron chi connectivity index (χ1n) is 12.4. The Bertz CT molecular complexity index is 1270. The molecule has 1 heterocycles. The van der Waals surface area contributed by atoms with E-state index >= 15 is 0 Å². The minimum atomic E-state index is -0.829. The van der Waals surface area contributed by atoms with E-state index in [1.165, 1.54) is 23.8 Å². The molecule has 0 radical (unpaired) electrons. The van der Waals surface area contributed by atoms with Gasteiger partial charge in [0, 0.05) is 33.9 Å². The molecule has 5 nitrogen and oxygen atoms in total. The van der Waals surface area contributed by atoms with Gasteiger partial charge < -0.3 is 15.2 Å². The van der Waals surface area contributed by atoms with Gasteiger partial charge in [0.1, 0.15) is 5.54 Å². The summed E-state index contributed by atoms with van der Waals surface area (Å²) in [4.78, 5) is 17.7. The van der Waals surface area contributed by atoms with Gasteiger partial charge in [-0.05, 0) is 73.6 Å². The van der Waals surface area contributed by atoms with Crippen molar-refractivity contribution >= 4 is 29.3 Å². The van der Waals surface area contributed by atoms with Crippen molar-refractivity contribution in [2.24, 2.45) is 0 Å². The van der Waals surface area contributed by atoms with Gasteiger partial charge in [-0.2, -0.15) is 0 Å². The van der Waals surface area contributed by atoms with E-state index < -0.39 is 5.54 Å². The summed E-state index contributed by atoms with van der Waals surface area (Å²) in [5.41, 5.74) is 4.51. The maximum atomic E-state index is 13.1. The number of nitrogens with one attached hydrogen (secondary N) is 1. The zero-order valence-corrected chi connectivity index (χ0v) is 21.2. The number of halogens is 1. The fraction of sp³-hybridized carbons (Fsp3) is 0.333. The standard InChI is InChI=1S/C30H31ClN2O3/c1-36-28(35)30(33-25-9-6-8-24(31)19-25)14-12-29(13-15-30)23(17-21-7-2-3-10-26(21)29)18-22(20-34)27-11-4-5-16-32-27/h2-11,16-17,19,22,33-34H,12-15,18,20H2,1H3. The largest absolute Gasteiger partial charge is 0.467 e. The molecule has 0 amide bonds. The number of aliphatic hydroxyl groups excluding tert-OH is 1. The first-order chi connectivity index (χ1) is 17.5. The summed E-state index contributed by atoms with van der Waals surface area (Å²) in [6.45, 7) is 0.0310. The number of nitrogens with zero attached hydrogens (tertiary/aromatic N) is 1. The molecule has 186 valence electrons. The normalized spacial score (nSPS) is 23.6. The van der Waals surface area contributed by atoms with E-state index in [1.807, 2.05) is 42.5 Å². The monoisotopic (exact) mass is 502 g/mol. The van der Waals surface area contributed by atoms with E-state index in [2.05, 4.69) is 40.6 Å². The number of carbonyl (C=O) groups excluding carboxylic acids is 1. The van der Waals surface area contributed by atoms with Gasteiger partial charge in [0.25, 0.3) is 0 Å². The minimum Gasteiger partial charge on any atom is -0.467 e. The van der Waals surface area contributed by atoms with Crippen LogP contribution in [-0.2, 0) is 14.9 Å². The third kappa shape index (κ3) is 4.42. The predicted octanol–water partition coefficient (Wildman–Crippen LogP) is 6.13. The molecule has 0 aliphatic heterocycles. The molecule has 5 rings (SSSR count). The molecule has 2 aliphatic rings. The summed E-state index contributed by atoms with van der Waals surface area (Å²) in [6, 6.07) is 21.8. The van der Waals surface area contributed by atoms with Crippen LogP contribution in [0.4, 0.5) is 5.69 Å². The number of hydrogen-bond donors (Lipinski definition) is 2. The number of aliphatic hydroxyl groups is 1. The maximum absolute atomic E-state index is 13.1. The van der Waals surface area contributed by atoms with Gasteiger partial charge >= 0.3 is 5.97 Å². The summed E-state index contributed by atoms with van der Waals surface area (Å²) in [5.74, 6) is -0.337. The molecule has 2 aromatic carbocycles. The lowest BCUT2D eigenvalue weighted by molar-refractivity contribution is -0.147. The highest BCUT2D eigenvalue weighted by Gasteiger charge is 2.52. The molecule has 1 fully saturated rings. The summed E-state index contributed by atoms with van der Waals surface area (Å²) < 4.78 is 5.29. The molecular weight excluding hydrogens is 472 g/mol. The number of pyridine rings is 1. The van der Waals surface area contributed by atoms with Crippen molar-refractivity contribution in [1.29, 1.82) is 0 Å². The first kappa shape index (κ1) is 24.5. The van der Waals surface area contributed by atoms with E-state index in [0.717, 1.165) is 30.6 Å². The van der Waals surface area contributed by atoms with Crippen molar-refractivity contribution in [3.05, 3.63) is 100 Å². The van der Waals surface area contributed by atoms with E-state index in [4.69, 9.17) is 16.3 Å². The minimum absolute atomic E-state index is 0.0310. The van der Waals surface area contributed by atoms with Crippen molar-refractivity contribution in [2.45, 2.75) is 49.0 Å². The van der Waals surface area contributed by atoms with Gasteiger partial charge in [-0.1, -0.05) is 59.6 Å². The fourth-order valence-corrected chi connectivity index (χ4v) is 6.26. The lowest BCUT2D eigenvalue weighted by atomic mass is 9.61. The van der Waals surface area contributed by atoms with E-state index in [-0.39, 0.29) is 23.9 Å². The number of allylic oxidation sites excluding steroid dienone is 1. The van der Waals surface area contributed by atoms with Gasteiger partial charge in [0.05, 0.1) is 13.7 Å². The molecule has 1 spiro atoms. The average Bonchev–Trinajstić information content (AvgIpc) is 3.21. The highest BCUT2D eigenvalue weighted by Crippen LogP contribution is 2.55. The predicted molar refractivity (Wildman–Crippen MR) is 143 cm³/mol. The quantitative estimate of drug-likeness (QED) is 0.380. The van der Waals surface area contributed by atoms with Crippen LogP contribution in [0, 0.1) is 0 Å². The van der Waals surface area contributed by atoms with E-state index in [9.17, 15) is 9.90 Å². The number of anilines is 1. The van der Waals surface area contributed by atoms with E-state index in [0.29, 0.717) is 17.9 Å². The highest BCUT2D eigenvalue weighted by atomic mass is 35.5.